The Labute approximate surface area is 379 Å². The Morgan fingerprint density at radius 3 is 1.05 bits per heavy atom. The lowest BCUT2D eigenvalue weighted by atomic mass is 9.86. The number of hydrogen-bond donors (Lipinski definition) is 2. The third kappa shape index (κ3) is 10.6. The summed E-state index contributed by atoms with van der Waals surface area (Å²) in [6.07, 6.45) is -4.06. The Morgan fingerprint density at radius 2 is 0.773 bits per heavy atom. The molecule has 0 fully saturated rings. The predicted molar refractivity (Wildman–Crippen MR) is 227 cm³/mol. The van der Waals surface area contributed by atoms with Crippen LogP contribution in [0.3, 0.4) is 0 Å². The first-order valence-electron chi connectivity index (χ1n) is 20.6. The Bertz CT molecular complexity index is 2130. The molecule has 354 valence electrons. The minimum absolute atomic E-state index is 0.000190. The molecule has 0 saturated carbocycles. The van der Waals surface area contributed by atoms with E-state index in [1.165, 1.54) is 65.8 Å². The van der Waals surface area contributed by atoms with E-state index in [0.717, 1.165) is 26.4 Å². The van der Waals surface area contributed by atoms with Crippen molar-refractivity contribution in [2.75, 3.05) is 53.9 Å². The van der Waals surface area contributed by atoms with Crippen molar-refractivity contribution in [1.82, 2.24) is 15.0 Å². The summed E-state index contributed by atoms with van der Waals surface area (Å²) in [7, 11) is 2.13. The van der Waals surface area contributed by atoms with Crippen LogP contribution in [-0.4, -0.2) is 127 Å². The summed E-state index contributed by atoms with van der Waals surface area (Å²) >= 11 is 0. The van der Waals surface area contributed by atoms with Crippen LogP contribution in [0.4, 0.5) is 0 Å². The van der Waals surface area contributed by atoms with Gasteiger partial charge in [-0.25, -0.2) is 43.7 Å². The lowest BCUT2D eigenvalue weighted by molar-refractivity contribution is -0.215. The minimum Gasteiger partial charge on any atom is -0.507 e. The third-order valence-electron chi connectivity index (χ3n) is 9.29. The highest BCUT2D eigenvalue weighted by Gasteiger charge is 2.67. The SMILES string of the molecule is CCOC(=O)C(C(=O)OCC)(C(=O)OCC)C(OC)Oc1ccc(-c2nc(-c3ccccc3)nc(-c3ccc(OC(OC)C(C(=O)OCC)(C(=O)OCC)C(=O)OCC)cc3O)n2)c(O)c1. The van der Waals surface area contributed by atoms with E-state index in [1.54, 1.807) is 30.3 Å². The van der Waals surface area contributed by atoms with Crippen LogP contribution in [0.15, 0.2) is 66.7 Å². The molecule has 21 heteroatoms. The smallest absolute Gasteiger partial charge is 0.341 e. The molecule has 66 heavy (non-hydrogen) atoms. The summed E-state index contributed by atoms with van der Waals surface area (Å²) in [5.41, 5.74) is -5.30. The highest BCUT2D eigenvalue weighted by Crippen LogP contribution is 2.39. The van der Waals surface area contributed by atoms with Crippen molar-refractivity contribution in [1.29, 1.82) is 0 Å². The molecule has 2 unspecified atom stereocenters. The van der Waals surface area contributed by atoms with Gasteiger partial charge in [0.05, 0.1) is 50.8 Å². The Hall–Kier alpha value is -7.39. The summed E-state index contributed by atoms with van der Waals surface area (Å²) in [5.74, 6) is -9.72. The number of ether oxygens (including phenoxy) is 10. The van der Waals surface area contributed by atoms with Gasteiger partial charge in [0.1, 0.15) is 23.0 Å². The number of esters is 6. The van der Waals surface area contributed by atoms with Crippen LogP contribution in [0.2, 0.25) is 0 Å². The summed E-state index contributed by atoms with van der Waals surface area (Å²) < 4.78 is 53.2. The van der Waals surface area contributed by atoms with E-state index in [0.29, 0.717) is 5.56 Å². The number of carbonyl (C=O) groups is 6. The number of rotatable bonds is 23. The highest BCUT2D eigenvalue weighted by molar-refractivity contribution is 6.19. The number of hydrogen-bond acceptors (Lipinski definition) is 21. The van der Waals surface area contributed by atoms with E-state index in [9.17, 15) is 39.0 Å². The van der Waals surface area contributed by atoms with Gasteiger partial charge in [-0.05, 0) is 65.8 Å². The van der Waals surface area contributed by atoms with Gasteiger partial charge in [-0.3, -0.25) is 0 Å². The molecule has 0 saturated heterocycles. The van der Waals surface area contributed by atoms with Gasteiger partial charge in [0.25, 0.3) is 0 Å². The average molecular weight is 922 g/mol. The zero-order valence-electron chi connectivity index (χ0n) is 37.5. The van der Waals surface area contributed by atoms with Crippen molar-refractivity contribution in [2.24, 2.45) is 10.8 Å². The molecular formula is C45H51N3O18. The van der Waals surface area contributed by atoms with Crippen LogP contribution in [-0.2, 0) is 66.7 Å². The van der Waals surface area contributed by atoms with Crippen molar-refractivity contribution >= 4 is 35.8 Å². The number of aromatic nitrogens is 3. The molecule has 21 nitrogen and oxygen atoms in total. The fourth-order valence-electron chi connectivity index (χ4n) is 6.30. The first-order valence-corrected chi connectivity index (χ1v) is 20.6. The maximum absolute atomic E-state index is 13.4. The van der Waals surface area contributed by atoms with Gasteiger partial charge in [0, 0.05) is 31.9 Å². The molecule has 0 aliphatic rings. The highest BCUT2D eigenvalue weighted by atomic mass is 16.7. The molecule has 0 spiro atoms. The van der Waals surface area contributed by atoms with E-state index >= 15 is 0 Å². The maximum atomic E-state index is 13.4. The molecule has 0 aliphatic carbocycles. The van der Waals surface area contributed by atoms with Crippen LogP contribution in [0, 0.1) is 10.8 Å². The van der Waals surface area contributed by atoms with E-state index in [4.69, 9.17) is 47.4 Å². The van der Waals surface area contributed by atoms with Crippen molar-refractivity contribution in [3.05, 3.63) is 66.7 Å². The van der Waals surface area contributed by atoms with Crippen LogP contribution in [0.1, 0.15) is 41.5 Å². The summed E-state index contributed by atoms with van der Waals surface area (Å²) in [6.45, 7) is 7.33. The lowest BCUT2D eigenvalue weighted by Crippen LogP contribution is -2.59. The fraction of sp³-hybridized carbons (Fsp3) is 0.400. The number of carbonyl (C=O) groups excluding carboxylic acids is 6. The van der Waals surface area contributed by atoms with Gasteiger partial charge in [-0.2, -0.15) is 0 Å². The summed E-state index contributed by atoms with van der Waals surface area (Å²) in [6, 6.07) is 16.1. The quantitative estimate of drug-likeness (QED) is 0.0453. The van der Waals surface area contributed by atoms with Crippen molar-refractivity contribution in [2.45, 2.75) is 54.1 Å². The van der Waals surface area contributed by atoms with Gasteiger partial charge in [-0.1, -0.05) is 30.3 Å². The number of phenolic OH excluding ortho intramolecular Hbond substituents is 2. The van der Waals surface area contributed by atoms with Gasteiger partial charge < -0.3 is 57.6 Å². The van der Waals surface area contributed by atoms with Crippen molar-refractivity contribution in [3.8, 4) is 57.2 Å². The van der Waals surface area contributed by atoms with Crippen LogP contribution in [0.5, 0.6) is 23.0 Å². The maximum Gasteiger partial charge on any atom is 0.341 e. The zero-order chi connectivity index (χ0) is 48.6. The fourth-order valence-corrected chi connectivity index (χ4v) is 6.30. The lowest BCUT2D eigenvalue weighted by Gasteiger charge is -2.33. The van der Waals surface area contributed by atoms with Crippen LogP contribution in [0.25, 0.3) is 34.2 Å². The molecule has 0 radical (unpaired) electrons. The molecule has 4 rings (SSSR count). The van der Waals surface area contributed by atoms with Gasteiger partial charge >= 0.3 is 46.6 Å². The van der Waals surface area contributed by atoms with E-state index in [1.807, 2.05) is 0 Å². The van der Waals surface area contributed by atoms with Gasteiger partial charge in [-0.15, -0.1) is 0 Å². The number of nitrogens with zero attached hydrogens (tertiary/aromatic N) is 3. The second kappa shape index (κ2) is 23.5. The minimum atomic E-state index is -2.91. The molecule has 0 aliphatic heterocycles. The Morgan fingerprint density at radius 1 is 0.470 bits per heavy atom. The van der Waals surface area contributed by atoms with E-state index in [-0.39, 0.29) is 79.7 Å². The van der Waals surface area contributed by atoms with Crippen molar-refractivity contribution < 1.29 is 86.3 Å². The molecule has 1 aromatic heterocycles. The van der Waals surface area contributed by atoms with Crippen molar-refractivity contribution in [3.63, 3.8) is 0 Å². The van der Waals surface area contributed by atoms with Crippen LogP contribution < -0.4 is 9.47 Å². The second-order valence-electron chi connectivity index (χ2n) is 13.3. The molecule has 1 heterocycles. The predicted octanol–water partition coefficient (Wildman–Crippen LogP) is 4.34. The van der Waals surface area contributed by atoms with Gasteiger partial charge in [0.2, 0.25) is 12.6 Å². The summed E-state index contributed by atoms with van der Waals surface area (Å²) in [5, 5.41) is 22.9. The number of phenols is 2. The second-order valence-corrected chi connectivity index (χ2v) is 13.3. The normalized spacial score (nSPS) is 12.2. The first-order chi connectivity index (χ1) is 31.7. The first kappa shape index (κ1) is 51.2. The van der Waals surface area contributed by atoms with E-state index in [2.05, 4.69) is 15.0 Å². The zero-order valence-corrected chi connectivity index (χ0v) is 37.5. The van der Waals surface area contributed by atoms with E-state index < -0.39 is 70.7 Å². The monoisotopic (exact) mass is 921 g/mol. The topological polar surface area (TPSA) is 274 Å². The number of benzene rings is 3. The standard InChI is InChI=1S/C45H51N3O18/c1-9-59-36(51)44(37(52)60-10-2,38(53)61-11-3)42(57-7)65-27-20-22-29(31(49)24-27)34-46-33(26-18-16-15-17-19-26)47-35(48-34)30-23-21-28(25-32(30)50)66-43(58-8)45(39(54)62-12-4,40(55)63-13-5)41(56)64-14-6/h15-25,42-43,49-50H,9-14H2,1-8H3. The molecule has 2 atom stereocenters. The molecule has 0 bridgehead atoms. The average Bonchev–Trinajstić information content (AvgIpc) is 3.29. The molecule has 4 aromatic rings. The number of methoxy groups -OCH3 is 2. The third-order valence-corrected chi connectivity index (χ3v) is 9.29. The molecular weight excluding hydrogens is 870 g/mol. The van der Waals surface area contributed by atoms with Crippen LogP contribution >= 0.6 is 0 Å². The van der Waals surface area contributed by atoms with Gasteiger partial charge in [0.15, 0.2) is 17.5 Å². The number of aromatic hydroxyl groups is 2. The molecule has 3 aromatic carbocycles. The molecule has 0 amide bonds. The Balaban J connectivity index is 1.82. The summed E-state index contributed by atoms with van der Waals surface area (Å²) in [4.78, 5) is 94.3. The Kier molecular flexibility index (Phi) is 18.3. The largest absolute Gasteiger partial charge is 0.507 e. The molecule has 2 N–H and O–H groups in total.